The zero-order valence-corrected chi connectivity index (χ0v) is 26.1. The molecule has 10 heteroatoms. The minimum absolute atomic E-state index is 0. The average molecular weight is 586 g/mol. The fourth-order valence-corrected chi connectivity index (χ4v) is 5.37. The van der Waals surface area contributed by atoms with E-state index < -0.39 is 22.1 Å². The van der Waals surface area contributed by atoms with Crippen molar-refractivity contribution in [1.29, 1.82) is 0 Å². The van der Waals surface area contributed by atoms with E-state index in [1.165, 1.54) is 0 Å². The minimum Gasteiger partial charge on any atom is -0.799 e. The smallest absolute Gasteiger partial charge is 0.799 e. The van der Waals surface area contributed by atoms with Gasteiger partial charge in [-0.1, -0.05) is 83.1 Å². The average Bonchev–Trinajstić information content (AvgIpc) is 2.47. The molecule has 0 bridgehead atoms. The third-order valence-corrected chi connectivity index (χ3v) is 13.0. The first-order valence-electron chi connectivity index (χ1n) is 9.57. The van der Waals surface area contributed by atoms with Crippen LogP contribution < -0.4 is 14.7 Å². The van der Waals surface area contributed by atoms with Crippen molar-refractivity contribution in [1.82, 2.24) is 0 Å². The molecule has 0 aliphatic carbocycles. The van der Waals surface area contributed by atoms with Crippen LogP contribution in [0.5, 0.6) is 0 Å². The summed E-state index contributed by atoms with van der Waals surface area (Å²) in [5, 5.41) is 0. The van der Waals surface area contributed by atoms with Crippen molar-refractivity contribution in [3.05, 3.63) is 0 Å². The standard InChI is InChI=1S/3C6H15O2P.La/c3*1-5(2)9(7,8)6(3)4;/h3*5-6H,1-4H3,(H,7,8);/q;;;+3/p-3. The molecule has 0 saturated carbocycles. The van der Waals surface area contributed by atoms with Gasteiger partial charge in [0.15, 0.2) is 0 Å². The van der Waals surface area contributed by atoms with Crippen LogP contribution in [0.25, 0.3) is 0 Å². The SMILES string of the molecule is CC(C)P(=O)([O-])C(C)C.CC(C)P(=O)([O-])C(C)C.CC(C)P(=O)([O-])C(C)C.[La+3]. The zero-order chi connectivity index (χ0) is 23.0. The second-order valence-corrected chi connectivity index (χ2v) is 18.6. The van der Waals surface area contributed by atoms with Crippen LogP contribution >= 0.6 is 22.1 Å². The first kappa shape index (κ1) is 37.1. The Morgan fingerprint density at radius 1 is 0.393 bits per heavy atom. The van der Waals surface area contributed by atoms with E-state index in [0.717, 1.165) is 0 Å². The maximum atomic E-state index is 11.1. The molecule has 0 aliphatic heterocycles. The third-order valence-electron chi connectivity index (χ3n) is 4.32. The van der Waals surface area contributed by atoms with Crippen LogP contribution in [0.15, 0.2) is 0 Å². The largest absolute Gasteiger partial charge is 3.00 e. The van der Waals surface area contributed by atoms with Crippen molar-refractivity contribution in [2.75, 3.05) is 0 Å². The summed E-state index contributed by atoms with van der Waals surface area (Å²) < 4.78 is 33.2. The summed E-state index contributed by atoms with van der Waals surface area (Å²) in [4.78, 5) is 33.2. The summed E-state index contributed by atoms with van der Waals surface area (Å²) in [6.07, 6.45) is 0. The van der Waals surface area contributed by atoms with Gasteiger partial charge in [-0.15, -0.1) is 0 Å². The first-order valence-corrected chi connectivity index (χ1v) is 14.9. The second-order valence-electron chi connectivity index (χ2n) is 8.50. The maximum absolute atomic E-state index is 11.1. The van der Waals surface area contributed by atoms with Gasteiger partial charge >= 0.3 is 35.6 Å². The molecule has 0 aromatic heterocycles. The first-order chi connectivity index (χ1) is 11.7. The molecule has 0 amide bonds. The van der Waals surface area contributed by atoms with Gasteiger partial charge in [-0.2, -0.15) is 0 Å². The van der Waals surface area contributed by atoms with E-state index in [9.17, 15) is 28.4 Å². The molecule has 0 heterocycles. The van der Waals surface area contributed by atoms with Crippen molar-refractivity contribution in [2.45, 2.75) is 117 Å². The summed E-state index contributed by atoms with van der Waals surface area (Å²) in [5.74, 6) is 0. The van der Waals surface area contributed by atoms with Crippen molar-refractivity contribution < 1.29 is 64.0 Å². The summed E-state index contributed by atoms with van der Waals surface area (Å²) >= 11 is 0. The van der Waals surface area contributed by atoms with Gasteiger partial charge in [0.2, 0.25) is 0 Å². The summed E-state index contributed by atoms with van der Waals surface area (Å²) in [6.45, 7) is 20.6. The van der Waals surface area contributed by atoms with Gasteiger partial charge in [-0.05, 0) is 34.0 Å². The van der Waals surface area contributed by atoms with Crippen molar-refractivity contribution >= 4 is 22.1 Å². The van der Waals surface area contributed by atoms with E-state index in [-0.39, 0.29) is 69.6 Å². The van der Waals surface area contributed by atoms with E-state index >= 15 is 0 Å². The molecule has 0 aromatic carbocycles. The van der Waals surface area contributed by atoms with E-state index in [4.69, 9.17) is 0 Å². The molecule has 168 valence electrons. The summed E-state index contributed by atoms with van der Waals surface area (Å²) in [7, 11) is -9.26. The molecular weight excluding hydrogens is 544 g/mol. The van der Waals surface area contributed by atoms with Crippen LogP contribution in [0.4, 0.5) is 0 Å². The van der Waals surface area contributed by atoms with Gasteiger partial charge in [-0.25, -0.2) is 0 Å². The van der Waals surface area contributed by atoms with Crippen LogP contribution in [0.3, 0.4) is 0 Å². The Kier molecular flexibility index (Phi) is 20.6. The normalized spacial score (nSPS) is 12.8. The molecule has 0 rings (SSSR count). The Balaban J connectivity index is -0.000000152. The quantitative estimate of drug-likeness (QED) is 0.428. The Bertz CT molecular complexity index is 433. The number of hydrogen-bond donors (Lipinski definition) is 0. The Labute approximate surface area is 202 Å². The number of rotatable bonds is 6. The van der Waals surface area contributed by atoms with Crippen molar-refractivity contribution in [2.24, 2.45) is 0 Å². The molecule has 0 unspecified atom stereocenters. The fourth-order valence-electron chi connectivity index (χ4n) is 1.79. The van der Waals surface area contributed by atoms with E-state index in [1.54, 1.807) is 83.1 Å². The van der Waals surface area contributed by atoms with Crippen LogP contribution in [0.1, 0.15) is 83.1 Å². The second kappa shape index (κ2) is 15.5. The molecule has 0 aliphatic rings. The molecule has 0 aromatic rings. The molecule has 0 radical (unpaired) electrons. The van der Waals surface area contributed by atoms with Crippen LogP contribution in [0.2, 0.25) is 0 Å². The molecule has 0 saturated heterocycles. The van der Waals surface area contributed by atoms with Crippen LogP contribution in [-0.2, 0) is 13.7 Å². The predicted octanol–water partition coefficient (Wildman–Crippen LogP) is 4.32. The zero-order valence-electron chi connectivity index (χ0n) is 19.8. The van der Waals surface area contributed by atoms with Crippen LogP contribution in [0, 0.1) is 35.6 Å². The molecule has 6 nitrogen and oxygen atoms in total. The summed E-state index contributed by atoms with van der Waals surface area (Å²) in [6, 6.07) is 0. The Morgan fingerprint density at radius 2 is 0.464 bits per heavy atom. The van der Waals surface area contributed by atoms with Gasteiger partial charge in [0.1, 0.15) is 0 Å². The molecule has 0 N–H and O–H groups in total. The fraction of sp³-hybridized carbons (Fsp3) is 1.00. The molecule has 0 spiro atoms. The van der Waals surface area contributed by atoms with E-state index in [0.29, 0.717) is 0 Å². The Hall–Kier alpha value is 1.76. The van der Waals surface area contributed by atoms with Gasteiger partial charge in [0.25, 0.3) is 0 Å². The molecule has 0 atom stereocenters. The van der Waals surface area contributed by atoms with E-state index in [1.807, 2.05) is 0 Å². The Morgan fingerprint density at radius 3 is 0.464 bits per heavy atom. The predicted molar refractivity (Wildman–Crippen MR) is 114 cm³/mol. The van der Waals surface area contributed by atoms with Gasteiger partial charge < -0.3 is 28.4 Å². The molecule has 0 fully saturated rings. The maximum Gasteiger partial charge on any atom is 3.00 e. The van der Waals surface area contributed by atoms with Crippen molar-refractivity contribution in [3.63, 3.8) is 0 Å². The molecule has 28 heavy (non-hydrogen) atoms. The third kappa shape index (κ3) is 13.9. The summed E-state index contributed by atoms with van der Waals surface area (Å²) in [5.41, 5.74) is -1.26. The van der Waals surface area contributed by atoms with E-state index in [2.05, 4.69) is 0 Å². The van der Waals surface area contributed by atoms with Gasteiger partial charge in [-0.3, -0.25) is 0 Å². The molecular formula is C18H42LaO6P3. The minimum atomic E-state index is -3.09. The monoisotopic (exact) mass is 586 g/mol. The van der Waals surface area contributed by atoms with Gasteiger partial charge in [0, 0.05) is 22.1 Å². The number of hydrogen-bond acceptors (Lipinski definition) is 6. The van der Waals surface area contributed by atoms with Crippen molar-refractivity contribution in [3.8, 4) is 0 Å². The van der Waals surface area contributed by atoms with Gasteiger partial charge in [0.05, 0.1) is 0 Å². The van der Waals surface area contributed by atoms with Crippen LogP contribution in [-0.4, -0.2) is 34.0 Å². The topological polar surface area (TPSA) is 120 Å².